The lowest BCUT2D eigenvalue weighted by Crippen LogP contribution is -2.49. The van der Waals surface area contributed by atoms with Crippen LogP contribution in [0, 0.1) is 19.7 Å². The van der Waals surface area contributed by atoms with E-state index in [2.05, 4.69) is 9.80 Å². The SMILES string of the molecule is Cc1cccc(C)c1OCCOCC(O)CN1CCN(c2ccc(F)cc2)CC1. The topological polar surface area (TPSA) is 45.2 Å². The summed E-state index contributed by atoms with van der Waals surface area (Å²) in [6, 6.07) is 12.7. The number of anilines is 1. The normalized spacial score (nSPS) is 16.1. The minimum atomic E-state index is -0.521. The number of ether oxygens (including phenoxy) is 2. The summed E-state index contributed by atoms with van der Waals surface area (Å²) in [6.45, 7) is 9.33. The van der Waals surface area contributed by atoms with Gasteiger partial charge in [0.2, 0.25) is 0 Å². The summed E-state index contributed by atoms with van der Waals surface area (Å²) in [7, 11) is 0. The van der Waals surface area contributed by atoms with Crippen molar-refractivity contribution in [3.05, 3.63) is 59.4 Å². The van der Waals surface area contributed by atoms with Crippen LogP contribution in [-0.4, -0.2) is 68.7 Å². The summed E-state index contributed by atoms with van der Waals surface area (Å²) in [5.74, 6) is 0.700. The van der Waals surface area contributed by atoms with Crippen LogP contribution in [0.4, 0.5) is 10.1 Å². The van der Waals surface area contributed by atoms with Crippen LogP contribution < -0.4 is 9.64 Å². The number of benzene rings is 2. The number of hydrogen-bond acceptors (Lipinski definition) is 5. The molecule has 1 heterocycles. The molecule has 6 heteroatoms. The van der Waals surface area contributed by atoms with Crippen LogP contribution >= 0.6 is 0 Å². The monoisotopic (exact) mass is 402 g/mol. The Hall–Kier alpha value is -2.15. The number of β-amino-alcohol motifs (C(OH)–C–C–N with tert-alkyl or cyclic N) is 1. The Bertz CT molecular complexity index is 741. The highest BCUT2D eigenvalue weighted by Gasteiger charge is 2.19. The smallest absolute Gasteiger partial charge is 0.125 e. The van der Waals surface area contributed by atoms with E-state index in [0.29, 0.717) is 26.4 Å². The molecule has 0 aliphatic carbocycles. The van der Waals surface area contributed by atoms with E-state index in [1.54, 1.807) is 0 Å². The Kier molecular flexibility index (Phi) is 7.86. The van der Waals surface area contributed by atoms with Gasteiger partial charge in [-0.05, 0) is 49.2 Å². The number of aliphatic hydroxyl groups excluding tert-OH is 1. The maximum Gasteiger partial charge on any atom is 0.125 e. The summed E-state index contributed by atoms with van der Waals surface area (Å²) in [6.07, 6.45) is -0.521. The zero-order valence-corrected chi connectivity index (χ0v) is 17.3. The first-order valence-electron chi connectivity index (χ1n) is 10.2. The Labute approximate surface area is 172 Å². The Balaban J connectivity index is 1.30. The van der Waals surface area contributed by atoms with Crippen molar-refractivity contribution in [1.29, 1.82) is 0 Å². The average molecular weight is 403 g/mol. The standard InChI is InChI=1S/C23H31FN2O3/c1-18-4-3-5-19(2)23(18)29-15-14-28-17-22(27)16-25-10-12-26(13-11-25)21-8-6-20(24)7-9-21/h3-9,22,27H,10-17H2,1-2H3. The molecule has 1 unspecified atom stereocenters. The molecule has 0 spiro atoms. The van der Waals surface area contributed by atoms with Gasteiger partial charge in [-0.1, -0.05) is 18.2 Å². The van der Waals surface area contributed by atoms with Gasteiger partial charge in [0.1, 0.15) is 18.2 Å². The summed E-state index contributed by atoms with van der Waals surface area (Å²) in [5, 5.41) is 10.3. The highest BCUT2D eigenvalue weighted by atomic mass is 19.1. The van der Waals surface area contributed by atoms with E-state index < -0.39 is 6.10 Å². The Morgan fingerprint density at radius 3 is 2.28 bits per heavy atom. The van der Waals surface area contributed by atoms with Gasteiger partial charge in [-0.3, -0.25) is 4.90 Å². The highest BCUT2D eigenvalue weighted by molar-refractivity contribution is 5.46. The lowest BCUT2D eigenvalue weighted by Gasteiger charge is -2.36. The van der Waals surface area contributed by atoms with Crippen molar-refractivity contribution in [2.24, 2.45) is 0 Å². The van der Waals surface area contributed by atoms with Crippen LogP contribution in [0.1, 0.15) is 11.1 Å². The molecule has 1 atom stereocenters. The van der Waals surface area contributed by atoms with Gasteiger partial charge in [0.05, 0.1) is 19.3 Å². The molecule has 1 fully saturated rings. The van der Waals surface area contributed by atoms with Gasteiger partial charge in [0.15, 0.2) is 0 Å². The first-order valence-corrected chi connectivity index (χ1v) is 10.2. The van der Waals surface area contributed by atoms with Crippen molar-refractivity contribution in [2.75, 3.05) is 57.4 Å². The molecule has 1 aliphatic rings. The van der Waals surface area contributed by atoms with Gasteiger partial charge in [-0.15, -0.1) is 0 Å². The molecule has 1 saturated heterocycles. The third-order valence-corrected chi connectivity index (χ3v) is 5.23. The fraction of sp³-hybridized carbons (Fsp3) is 0.478. The average Bonchev–Trinajstić information content (AvgIpc) is 2.71. The van der Waals surface area contributed by atoms with Crippen LogP contribution in [0.2, 0.25) is 0 Å². The molecular weight excluding hydrogens is 371 g/mol. The van der Waals surface area contributed by atoms with Crippen LogP contribution in [0.15, 0.2) is 42.5 Å². The van der Waals surface area contributed by atoms with E-state index in [1.807, 2.05) is 44.2 Å². The van der Waals surface area contributed by atoms with E-state index in [4.69, 9.17) is 9.47 Å². The van der Waals surface area contributed by atoms with Gasteiger partial charge in [-0.25, -0.2) is 4.39 Å². The number of piperazine rings is 1. The molecule has 3 rings (SSSR count). The van der Waals surface area contributed by atoms with Crippen LogP contribution in [0.25, 0.3) is 0 Å². The second kappa shape index (κ2) is 10.6. The molecule has 0 bridgehead atoms. The number of rotatable bonds is 9. The summed E-state index contributed by atoms with van der Waals surface area (Å²) < 4.78 is 24.5. The zero-order valence-electron chi connectivity index (χ0n) is 17.3. The van der Waals surface area contributed by atoms with Gasteiger partial charge in [-0.2, -0.15) is 0 Å². The maximum absolute atomic E-state index is 13.1. The quantitative estimate of drug-likeness (QED) is 0.654. The van der Waals surface area contributed by atoms with Gasteiger partial charge in [0.25, 0.3) is 0 Å². The second-order valence-corrected chi connectivity index (χ2v) is 7.56. The molecule has 0 aromatic heterocycles. The molecule has 29 heavy (non-hydrogen) atoms. The summed E-state index contributed by atoms with van der Waals surface area (Å²) in [4.78, 5) is 4.48. The minimum absolute atomic E-state index is 0.213. The first kappa shape index (κ1) is 21.6. The first-order chi connectivity index (χ1) is 14.0. The second-order valence-electron chi connectivity index (χ2n) is 7.56. The molecule has 2 aromatic rings. The molecule has 5 nitrogen and oxygen atoms in total. The van der Waals surface area contributed by atoms with Crippen molar-refractivity contribution in [1.82, 2.24) is 4.90 Å². The number of aryl methyl sites for hydroxylation is 2. The fourth-order valence-corrected chi connectivity index (χ4v) is 3.64. The maximum atomic E-state index is 13.1. The third-order valence-electron chi connectivity index (χ3n) is 5.23. The summed E-state index contributed by atoms with van der Waals surface area (Å²) >= 11 is 0. The third kappa shape index (κ3) is 6.42. The predicted octanol–water partition coefficient (Wildman–Crippen LogP) is 3.02. The molecule has 1 N–H and O–H groups in total. The molecule has 0 radical (unpaired) electrons. The Morgan fingerprint density at radius 2 is 1.62 bits per heavy atom. The number of nitrogens with zero attached hydrogens (tertiary/aromatic N) is 2. The lowest BCUT2D eigenvalue weighted by molar-refractivity contribution is 0.00707. The largest absolute Gasteiger partial charge is 0.491 e. The highest BCUT2D eigenvalue weighted by Crippen LogP contribution is 2.22. The minimum Gasteiger partial charge on any atom is -0.491 e. The number of aliphatic hydroxyl groups is 1. The van der Waals surface area contributed by atoms with Crippen molar-refractivity contribution >= 4 is 5.69 Å². The van der Waals surface area contributed by atoms with Crippen LogP contribution in [0.5, 0.6) is 5.75 Å². The van der Waals surface area contributed by atoms with E-state index in [9.17, 15) is 9.50 Å². The van der Waals surface area contributed by atoms with Crippen molar-refractivity contribution in [3.63, 3.8) is 0 Å². The number of hydrogen-bond donors (Lipinski definition) is 1. The zero-order chi connectivity index (χ0) is 20.6. The van der Waals surface area contributed by atoms with Crippen molar-refractivity contribution in [2.45, 2.75) is 20.0 Å². The van der Waals surface area contributed by atoms with E-state index in [1.165, 1.54) is 12.1 Å². The molecule has 158 valence electrons. The van der Waals surface area contributed by atoms with E-state index in [0.717, 1.165) is 48.7 Å². The molecule has 0 amide bonds. The predicted molar refractivity (Wildman–Crippen MR) is 113 cm³/mol. The van der Waals surface area contributed by atoms with Gasteiger partial charge in [0, 0.05) is 38.4 Å². The molecule has 1 aliphatic heterocycles. The van der Waals surface area contributed by atoms with Gasteiger partial charge >= 0.3 is 0 Å². The fourth-order valence-electron chi connectivity index (χ4n) is 3.64. The van der Waals surface area contributed by atoms with Crippen molar-refractivity contribution < 1.29 is 19.0 Å². The van der Waals surface area contributed by atoms with Gasteiger partial charge < -0.3 is 19.5 Å². The lowest BCUT2D eigenvalue weighted by atomic mass is 10.1. The van der Waals surface area contributed by atoms with Crippen LogP contribution in [0.3, 0.4) is 0 Å². The Morgan fingerprint density at radius 1 is 0.966 bits per heavy atom. The number of para-hydroxylation sites is 1. The molecule has 2 aromatic carbocycles. The van der Waals surface area contributed by atoms with E-state index >= 15 is 0 Å². The van der Waals surface area contributed by atoms with Crippen LogP contribution in [-0.2, 0) is 4.74 Å². The molecular formula is C23H31FN2O3. The molecule has 0 saturated carbocycles. The summed E-state index contributed by atoms with van der Waals surface area (Å²) in [5.41, 5.74) is 3.27. The number of halogens is 1. The van der Waals surface area contributed by atoms with E-state index in [-0.39, 0.29) is 5.82 Å². The van der Waals surface area contributed by atoms with Crippen molar-refractivity contribution in [3.8, 4) is 5.75 Å².